The molecule has 1 unspecified atom stereocenters. The van der Waals surface area contributed by atoms with Crippen molar-refractivity contribution in [3.63, 3.8) is 0 Å². The summed E-state index contributed by atoms with van der Waals surface area (Å²) in [6.07, 6.45) is 12.6. The number of unbranched alkanes of at least 4 members (excludes halogenated alkanes) is 2. The number of H-pyrrole nitrogens is 1. The zero-order chi connectivity index (χ0) is 14.1. The van der Waals surface area contributed by atoms with Gasteiger partial charge < -0.3 is 0 Å². The molecule has 2 nitrogen and oxygen atoms in total. The molecule has 0 saturated carbocycles. The van der Waals surface area contributed by atoms with E-state index in [1.54, 1.807) is 3.58 Å². The van der Waals surface area contributed by atoms with Gasteiger partial charge in [0.2, 0.25) is 0 Å². The summed E-state index contributed by atoms with van der Waals surface area (Å²) in [4.78, 5) is 0. The van der Waals surface area contributed by atoms with Gasteiger partial charge in [-0.1, -0.05) is 0 Å². The first-order valence-corrected chi connectivity index (χ1v) is 15.3. The van der Waals surface area contributed by atoms with Crippen molar-refractivity contribution in [3.8, 4) is 0 Å². The molecule has 0 aliphatic carbocycles. The van der Waals surface area contributed by atoms with Crippen molar-refractivity contribution in [3.05, 3.63) is 12.4 Å². The molecular formula is C16H32N2Sn. The van der Waals surface area contributed by atoms with E-state index in [0.717, 1.165) is 3.93 Å². The van der Waals surface area contributed by atoms with E-state index in [1.807, 2.05) is 0 Å². The zero-order valence-electron chi connectivity index (χ0n) is 13.3. The Kier molecular flexibility index (Phi) is 8.12. The number of rotatable bonds is 10. The Hall–Kier alpha value is 0.00870. The Morgan fingerprint density at radius 3 is 2.16 bits per heavy atom. The molecule has 1 heterocycles. The van der Waals surface area contributed by atoms with Gasteiger partial charge >= 0.3 is 124 Å². The van der Waals surface area contributed by atoms with Gasteiger partial charge in [-0.3, -0.25) is 0 Å². The van der Waals surface area contributed by atoms with E-state index < -0.39 is 18.4 Å². The van der Waals surface area contributed by atoms with Crippen LogP contribution in [0.2, 0.25) is 12.8 Å². The summed E-state index contributed by atoms with van der Waals surface area (Å²) in [5.74, 6) is 0. The van der Waals surface area contributed by atoms with Crippen LogP contribution in [-0.4, -0.2) is 28.6 Å². The van der Waals surface area contributed by atoms with Gasteiger partial charge in [0.15, 0.2) is 0 Å². The molecule has 3 heteroatoms. The SMILES string of the molecule is CCC[CH2][Sn]([CH2]CCC)([c]1cn[nH]c1)[CH](C)CCC. The third-order valence-corrected chi connectivity index (χ3v) is 22.1. The van der Waals surface area contributed by atoms with Crippen LogP contribution in [0.1, 0.15) is 66.2 Å². The van der Waals surface area contributed by atoms with Gasteiger partial charge in [0.1, 0.15) is 0 Å². The fourth-order valence-electron chi connectivity index (χ4n) is 3.41. The zero-order valence-corrected chi connectivity index (χ0v) is 16.2. The molecule has 0 spiro atoms. The van der Waals surface area contributed by atoms with Crippen LogP contribution in [0.25, 0.3) is 0 Å². The first-order valence-electron chi connectivity index (χ1n) is 8.20. The first-order chi connectivity index (χ1) is 9.21. The van der Waals surface area contributed by atoms with Crippen LogP contribution >= 0.6 is 0 Å². The summed E-state index contributed by atoms with van der Waals surface area (Å²) < 4.78 is 5.64. The van der Waals surface area contributed by atoms with Gasteiger partial charge in [0.05, 0.1) is 0 Å². The van der Waals surface area contributed by atoms with Gasteiger partial charge in [-0.2, -0.15) is 0 Å². The van der Waals surface area contributed by atoms with Crippen molar-refractivity contribution < 1.29 is 0 Å². The van der Waals surface area contributed by atoms with E-state index in [-0.39, 0.29) is 0 Å². The average molecular weight is 371 g/mol. The van der Waals surface area contributed by atoms with Crippen LogP contribution in [0, 0.1) is 0 Å². The molecule has 1 aromatic heterocycles. The van der Waals surface area contributed by atoms with Crippen molar-refractivity contribution >= 4 is 22.0 Å². The fourth-order valence-corrected chi connectivity index (χ4v) is 20.1. The van der Waals surface area contributed by atoms with Crippen molar-refractivity contribution in [1.82, 2.24) is 10.2 Å². The number of hydrogen-bond acceptors (Lipinski definition) is 1. The molecule has 0 fully saturated rings. The summed E-state index contributed by atoms with van der Waals surface area (Å²) in [7, 11) is 0. The van der Waals surface area contributed by atoms with Crippen LogP contribution in [0.15, 0.2) is 12.4 Å². The number of nitrogens with one attached hydrogen (secondary N) is 1. The third kappa shape index (κ3) is 4.50. The number of hydrogen-bond donors (Lipinski definition) is 1. The Morgan fingerprint density at radius 2 is 1.74 bits per heavy atom. The van der Waals surface area contributed by atoms with Gasteiger partial charge in [-0.15, -0.1) is 0 Å². The molecule has 0 aliphatic rings. The summed E-state index contributed by atoms with van der Waals surface area (Å²) in [6.45, 7) is 9.53. The van der Waals surface area contributed by atoms with Crippen LogP contribution in [-0.2, 0) is 0 Å². The Bertz CT molecular complexity index is 313. The van der Waals surface area contributed by atoms with E-state index in [2.05, 4.69) is 50.3 Å². The molecule has 1 N–H and O–H groups in total. The second kappa shape index (κ2) is 9.04. The van der Waals surface area contributed by atoms with E-state index >= 15 is 0 Å². The molecule has 0 bridgehead atoms. The minimum atomic E-state index is -2.26. The second-order valence-electron chi connectivity index (χ2n) is 6.04. The molecule has 0 aliphatic heterocycles. The van der Waals surface area contributed by atoms with Gasteiger partial charge in [0.25, 0.3) is 0 Å². The van der Waals surface area contributed by atoms with Gasteiger partial charge in [-0.25, -0.2) is 0 Å². The van der Waals surface area contributed by atoms with Crippen LogP contribution in [0.3, 0.4) is 0 Å². The minimum absolute atomic E-state index is 0.954. The normalized spacial score (nSPS) is 13.7. The molecule has 19 heavy (non-hydrogen) atoms. The van der Waals surface area contributed by atoms with Crippen molar-refractivity contribution in [1.29, 1.82) is 0 Å². The molecule has 0 saturated heterocycles. The Morgan fingerprint density at radius 1 is 1.11 bits per heavy atom. The van der Waals surface area contributed by atoms with E-state index in [4.69, 9.17) is 0 Å². The van der Waals surface area contributed by atoms with Gasteiger partial charge in [-0.05, 0) is 0 Å². The van der Waals surface area contributed by atoms with Crippen molar-refractivity contribution in [2.24, 2.45) is 0 Å². The second-order valence-corrected chi connectivity index (χ2v) is 20.0. The molecule has 1 rings (SSSR count). The van der Waals surface area contributed by atoms with E-state index in [9.17, 15) is 0 Å². The van der Waals surface area contributed by atoms with Crippen LogP contribution < -0.4 is 3.58 Å². The topological polar surface area (TPSA) is 28.7 Å². The molecule has 110 valence electrons. The molecule has 0 radical (unpaired) electrons. The monoisotopic (exact) mass is 372 g/mol. The molecule has 1 atom stereocenters. The maximum atomic E-state index is 4.27. The van der Waals surface area contributed by atoms with Crippen molar-refractivity contribution in [2.75, 3.05) is 0 Å². The van der Waals surface area contributed by atoms with Crippen LogP contribution in [0.5, 0.6) is 0 Å². The Balaban J connectivity index is 3.00. The number of aromatic nitrogens is 2. The molecule has 1 aromatic rings. The van der Waals surface area contributed by atoms with Crippen molar-refractivity contribution in [2.45, 2.75) is 79.0 Å². The van der Waals surface area contributed by atoms with E-state index in [1.165, 1.54) is 47.4 Å². The average Bonchev–Trinajstić information content (AvgIpc) is 2.94. The maximum absolute atomic E-state index is 4.27. The molecule has 0 aromatic carbocycles. The summed E-state index contributed by atoms with van der Waals surface area (Å²) >= 11 is -2.26. The molecular weight excluding hydrogens is 339 g/mol. The first kappa shape index (κ1) is 17.1. The Labute approximate surface area is 123 Å². The number of nitrogens with zero attached hydrogens (tertiary/aromatic N) is 1. The van der Waals surface area contributed by atoms with Crippen LogP contribution in [0.4, 0.5) is 0 Å². The quantitative estimate of drug-likeness (QED) is 0.585. The predicted octanol–water partition coefficient (Wildman–Crippen LogP) is 4.86. The third-order valence-electron chi connectivity index (χ3n) is 4.69. The summed E-state index contributed by atoms with van der Waals surface area (Å²) in [5, 5.41) is 7.36. The summed E-state index contributed by atoms with van der Waals surface area (Å²) in [5.41, 5.74) is 0. The van der Waals surface area contributed by atoms with E-state index in [0.29, 0.717) is 0 Å². The van der Waals surface area contributed by atoms with Gasteiger partial charge in [0, 0.05) is 0 Å². The molecule has 0 amide bonds. The summed E-state index contributed by atoms with van der Waals surface area (Å²) in [6, 6.07) is 0. The standard InChI is InChI=1S/C5H11.2C4H9.C3H3N2.Sn/c1-3-5-4-2;2*1-3-4-2;1-2-4-5-3-1;/h3H,4-5H2,1-2H3;2*1,3-4H2,2H3;2-3H,(H,4,5);. The number of aromatic amines is 1. The predicted molar refractivity (Wildman–Crippen MR) is 87.7 cm³/mol. The fraction of sp³-hybridized carbons (Fsp3) is 0.812.